The second-order valence-corrected chi connectivity index (χ2v) is 4.28. The van der Waals surface area contributed by atoms with Crippen molar-refractivity contribution < 1.29 is 14.9 Å². The quantitative estimate of drug-likeness (QED) is 0.761. The molecule has 0 bridgehead atoms. The predicted octanol–water partition coefficient (Wildman–Crippen LogP) is 1.20. The smallest absolute Gasteiger partial charge is 0.125 e. The summed E-state index contributed by atoms with van der Waals surface area (Å²) < 4.78 is 6.19. The van der Waals surface area contributed by atoms with E-state index in [1.807, 2.05) is 13.0 Å². The number of nitrogens with two attached hydrogens (primary N) is 1. The fourth-order valence-electron chi connectivity index (χ4n) is 1.37. The molecule has 16 heavy (non-hydrogen) atoms. The Hall–Kier alpha value is -0.620. The van der Waals surface area contributed by atoms with E-state index in [0.29, 0.717) is 17.9 Å². The van der Waals surface area contributed by atoms with Gasteiger partial charge in [0.1, 0.15) is 11.9 Å². The molecule has 0 saturated carbocycles. The first kappa shape index (κ1) is 13.4. The van der Waals surface area contributed by atoms with Gasteiger partial charge in [0.25, 0.3) is 0 Å². The Bertz CT molecular complexity index is 346. The molecule has 4 nitrogen and oxygen atoms in total. The molecule has 5 heteroatoms. The summed E-state index contributed by atoms with van der Waals surface area (Å²) in [6.07, 6.45) is -2.03. The molecule has 0 aliphatic rings. The lowest BCUT2D eigenvalue weighted by atomic mass is 10.0. The summed E-state index contributed by atoms with van der Waals surface area (Å²) in [5.41, 5.74) is 5.85. The van der Waals surface area contributed by atoms with Gasteiger partial charge < -0.3 is 20.7 Å². The van der Waals surface area contributed by atoms with Gasteiger partial charge in [-0.25, -0.2) is 0 Å². The molecule has 0 amide bonds. The van der Waals surface area contributed by atoms with Gasteiger partial charge in [0.15, 0.2) is 0 Å². The lowest BCUT2D eigenvalue weighted by Crippen LogP contribution is -2.27. The minimum atomic E-state index is -1.04. The fraction of sp³-hybridized carbons (Fsp3) is 0.455. The highest BCUT2D eigenvalue weighted by Gasteiger charge is 2.20. The average molecular weight is 290 g/mol. The molecule has 0 saturated heterocycles. The Morgan fingerprint density at radius 3 is 2.69 bits per heavy atom. The number of hydrogen-bond acceptors (Lipinski definition) is 4. The molecule has 2 unspecified atom stereocenters. The van der Waals surface area contributed by atoms with Crippen LogP contribution in [0.5, 0.6) is 5.75 Å². The summed E-state index contributed by atoms with van der Waals surface area (Å²) in [4.78, 5) is 0. The summed E-state index contributed by atoms with van der Waals surface area (Å²) in [6.45, 7) is 2.36. The predicted molar refractivity (Wildman–Crippen MR) is 65.3 cm³/mol. The third-order valence-electron chi connectivity index (χ3n) is 2.20. The molecule has 0 radical (unpaired) electrons. The van der Waals surface area contributed by atoms with Crippen molar-refractivity contribution >= 4 is 15.9 Å². The highest BCUT2D eigenvalue weighted by Crippen LogP contribution is 2.30. The Morgan fingerprint density at radius 1 is 1.44 bits per heavy atom. The van der Waals surface area contributed by atoms with Gasteiger partial charge in [-0.2, -0.15) is 0 Å². The summed E-state index contributed by atoms with van der Waals surface area (Å²) >= 11 is 3.31. The van der Waals surface area contributed by atoms with Crippen LogP contribution < -0.4 is 10.5 Å². The molecule has 90 valence electrons. The van der Waals surface area contributed by atoms with E-state index < -0.39 is 12.2 Å². The lowest BCUT2D eigenvalue weighted by Gasteiger charge is -2.19. The Morgan fingerprint density at radius 2 is 2.12 bits per heavy atom. The standard InChI is InChI=1S/C11H16BrNO3/c1-2-16-10-4-3-7(12)5-8(10)11(15)9(14)6-13/h3-5,9,11,14-15H,2,6,13H2,1H3. The average Bonchev–Trinajstić information content (AvgIpc) is 2.29. The molecule has 4 N–H and O–H groups in total. The van der Waals surface area contributed by atoms with Crippen molar-refractivity contribution in [3.63, 3.8) is 0 Å². The summed E-state index contributed by atoms with van der Waals surface area (Å²) in [5, 5.41) is 19.4. The van der Waals surface area contributed by atoms with Gasteiger partial charge in [-0.05, 0) is 25.1 Å². The van der Waals surface area contributed by atoms with Crippen LogP contribution >= 0.6 is 15.9 Å². The molecule has 0 aliphatic heterocycles. The van der Waals surface area contributed by atoms with Gasteiger partial charge in [0, 0.05) is 16.6 Å². The van der Waals surface area contributed by atoms with Crippen LogP contribution in [0.15, 0.2) is 22.7 Å². The summed E-state index contributed by atoms with van der Waals surface area (Å²) in [5.74, 6) is 0.561. The van der Waals surface area contributed by atoms with E-state index in [4.69, 9.17) is 10.5 Å². The zero-order chi connectivity index (χ0) is 12.1. The van der Waals surface area contributed by atoms with Crippen LogP contribution in [0.3, 0.4) is 0 Å². The van der Waals surface area contributed by atoms with E-state index in [1.165, 1.54) is 0 Å². The van der Waals surface area contributed by atoms with E-state index in [0.717, 1.165) is 4.47 Å². The van der Waals surface area contributed by atoms with Crippen molar-refractivity contribution in [2.45, 2.75) is 19.1 Å². The summed E-state index contributed by atoms with van der Waals surface area (Å²) in [6, 6.07) is 5.28. The van der Waals surface area contributed by atoms with Crippen LogP contribution in [-0.4, -0.2) is 29.5 Å². The Labute approximate surface area is 103 Å². The second-order valence-electron chi connectivity index (χ2n) is 3.36. The van der Waals surface area contributed by atoms with Crippen molar-refractivity contribution in [1.82, 2.24) is 0 Å². The first-order valence-corrected chi connectivity index (χ1v) is 5.87. The molecule has 1 rings (SSSR count). The maximum absolute atomic E-state index is 9.89. The topological polar surface area (TPSA) is 75.7 Å². The number of aliphatic hydroxyl groups is 2. The van der Waals surface area contributed by atoms with Crippen LogP contribution in [0.1, 0.15) is 18.6 Å². The molecule has 0 heterocycles. The highest BCUT2D eigenvalue weighted by molar-refractivity contribution is 9.10. The fourth-order valence-corrected chi connectivity index (χ4v) is 1.75. The lowest BCUT2D eigenvalue weighted by molar-refractivity contribution is 0.0226. The van der Waals surface area contributed by atoms with Crippen molar-refractivity contribution in [1.29, 1.82) is 0 Å². The Kier molecular flexibility index (Phi) is 5.21. The van der Waals surface area contributed by atoms with Crippen LogP contribution in [0.25, 0.3) is 0 Å². The summed E-state index contributed by atoms with van der Waals surface area (Å²) in [7, 11) is 0. The SMILES string of the molecule is CCOc1ccc(Br)cc1C(O)C(O)CN. The third-order valence-corrected chi connectivity index (χ3v) is 2.69. The third kappa shape index (κ3) is 3.18. The molecule has 1 aromatic rings. The number of halogens is 1. The monoisotopic (exact) mass is 289 g/mol. The van der Waals surface area contributed by atoms with E-state index in [9.17, 15) is 10.2 Å². The number of aliphatic hydroxyl groups excluding tert-OH is 2. The first-order valence-electron chi connectivity index (χ1n) is 5.08. The molecule has 0 spiro atoms. The molecular weight excluding hydrogens is 274 g/mol. The van der Waals surface area contributed by atoms with Gasteiger partial charge in [-0.3, -0.25) is 0 Å². The number of hydrogen-bond donors (Lipinski definition) is 3. The first-order chi connectivity index (χ1) is 7.60. The van der Waals surface area contributed by atoms with Gasteiger partial charge >= 0.3 is 0 Å². The molecule has 0 aromatic heterocycles. The van der Waals surface area contributed by atoms with E-state index in [1.54, 1.807) is 12.1 Å². The van der Waals surface area contributed by atoms with Crippen molar-refractivity contribution in [2.24, 2.45) is 5.73 Å². The molecule has 0 aliphatic carbocycles. The normalized spacial score (nSPS) is 14.6. The molecular formula is C11H16BrNO3. The van der Waals surface area contributed by atoms with Crippen LogP contribution in [0.4, 0.5) is 0 Å². The highest BCUT2D eigenvalue weighted by atomic mass is 79.9. The van der Waals surface area contributed by atoms with Gasteiger partial charge in [-0.15, -0.1) is 0 Å². The maximum atomic E-state index is 9.89. The number of benzene rings is 1. The van der Waals surface area contributed by atoms with Crippen LogP contribution in [0, 0.1) is 0 Å². The number of ether oxygens (including phenoxy) is 1. The number of rotatable bonds is 5. The van der Waals surface area contributed by atoms with E-state index in [2.05, 4.69) is 15.9 Å². The molecule has 0 fully saturated rings. The maximum Gasteiger partial charge on any atom is 0.125 e. The Balaban J connectivity index is 3.03. The zero-order valence-corrected chi connectivity index (χ0v) is 10.6. The largest absolute Gasteiger partial charge is 0.493 e. The van der Waals surface area contributed by atoms with Gasteiger partial charge in [0.2, 0.25) is 0 Å². The van der Waals surface area contributed by atoms with Crippen molar-refractivity contribution in [3.8, 4) is 5.75 Å². The zero-order valence-electron chi connectivity index (χ0n) is 9.06. The minimum absolute atomic E-state index is 0.000749. The van der Waals surface area contributed by atoms with Crippen LogP contribution in [0.2, 0.25) is 0 Å². The van der Waals surface area contributed by atoms with Crippen molar-refractivity contribution in [3.05, 3.63) is 28.2 Å². The molecule has 2 atom stereocenters. The van der Waals surface area contributed by atoms with Gasteiger partial charge in [-0.1, -0.05) is 15.9 Å². The molecule has 1 aromatic carbocycles. The van der Waals surface area contributed by atoms with Crippen molar-refractivity contribution in [2.75, 3.05) is 13.2 Å². The van der Waals surface area contributed by atoms with Gasteiger partial charge in [0.05, 0.1) is 12.7 Å². The minimum Gasteiger partial charge on any atom is -0.493 e. The van der Waals surface area contributed by atoms with E-state index >= 15 is 0 Å². The van der Waals surface area contributed by atoms with E-state index in [-0.39, 0.29) is 6.54 Å². The second kappa shape index (κ2) is 6.20. The van der Waals surface area contributed by atoms with Crippen LogP contribution in [-0.2, 0) is 0 Å².